The van der Waals surface area contributed by atoms with E-state index in [0.29, 0.717) is 6.42 Å². The molecule has 0 radical (unpaired) electrons. The van der Waals surface area contributed by atoms with Crippen molar-refractivity contribution in [3.63, 3.8) is 0 Å². The molecule has 7 heteroatoms. The van der Waals surface area contributed by atoms with Gasteiger partial charge in [0.25, 0.3) is 0 Å². The summed E-state index contributed by atoms with van der Waals surface area (Å²) in [7, 11) is 3.67. The van der Waals surface area contributed by atoms with E-state index in [1.165, 1.54) is 4.80 Å². The van der Waals surface area contributed by atoms with Crippen LogP contribution in [0.1, 0.15) is 22.6 Å². The van der Waals surface area contributed by atoms with Gasteiger partial charge in [0, 0.05) is 11.8 Å². The molecule has 0 saturated carbocycles. The van der Waals surface area contributed by atoms with Crippen molar-refractivity contribution < 1.29 is 0 Å². The molecule has 6 nitrogen and oxygen atoms in total. The second-order valence-corrected chi connectivity index (χ2v) is 4.59. The van der Waals surface area contributed by atoms with Gasteiger partial charge in [-0.2, -0.15) is 4.80 Å². The van der Waals surface area contributed by atoms with E-state index in [4.69, 9.17) is 0 Å². The van der Waals surface area contributed by atoms with Gasteiger partial charge in [-0.3, -0.25) is 0 Å². The molecule has 2 heterocycles. The highest BCUT2D eigenvalue weighted by Gasteiger charge is 2.15. The smallest absolute Gasteiger partial charge is 0.176 e. The van der Waals surface area contributed by atoms with Crippen LogP contribution < -0.4 is 5.32 Å². The number of hydrogen-bond donors (Lipinski definition) is 1. The molecule has 0 saturated heterocycles. The standard InChI is InChI=1S/C9H14N6S/c1-6-11-8(5-16-6)7(10-2)4-9-12-14-15(3)13-9/h5,7,10H,4H2,1-3H3. The Morgan fingerprint density at radius 1 is 1.56 bits per heavy atom. The average molecular weight is 238 g/mol. The summed E-state index contributed by atoms with van der Waals surface area (Å²) in [4.78, 5) is 5.92. The Hall–Kier alpha value is -1.34. The second-order valence-electron chi connectivity index (χ2n) is 3.53. The molecule has 0 fully saturated rings. The van der Waals surface area contributed by atoms with Gasteiger partial charge in [0.1, 0.15) is 0 Å². The fraction of sp³-hybridized carbons (Fsp3) is 0.556. The molecule has 86 valence electrons. The lowest BCUT2D eigenvalue weighted by molar-refractivity contribution is 0.558. The third kappa shape index (κ3) is 2.42. The lowest BCUT2D eigenvalue weighted by Gasteiger charge is -2.10. The normalized spacial score (nSPS) is 12.9. The van der Waals surface area contributed by atoms with Gasteiger partial charge in [-0.15, -0.1) is 21.5 Å². The van der Waals surface area contributed by atoms with Crippen LogP contribution in [-0.2, 0) is 13.5 Å². The number of thiazole rings is 1. The SMILES string of the molecule is CNC(Cc1nnn(C)n1)c1csc(C)n1. The van der Waals surface area contributed by atoms with Crippen LogP contribution >= 0.6 is 11.3 Å². The first-order chi connectivity index (χ1) is 7.69. The number of nitrogens with zero attached hydrogens (tertiary/aromatic N) is 5. The topological polar surface area (TPSA) is 68.5 Å². The summed E-state index contributed by atoms with van der Waals surface area (Å²) in [5, 5.41) is 18.3. The van der Waals surface area contributed by atoms with Crippen LogP contribution in [0.25, 0.3) is 0 Å². The van der Waals surface area contributed by atoms with Crippen molar-refractivity contribution in [2.45, 2.75) is 19.4 Å². The zero-order valence-electron chi connectivity index (χ0n) is 9.51. The number of aromatic nitrogens is 5. The average Bonchev–Trinajstić information content (AvgIpc) is 2.84. The maximum absolute atomic E-state index is 4.46. The minimum Gasteiger partial charge on any atom is -0.311 e. The molecule has 1 atom stereocenters. The van der Waals surface area contributed by atoms with Crippen LogP contribution in [0.15, 0.2) is 5.38 Å². The van der Waals surface area contributed by atoms with Crippen LogP contribution in [0.2, 0.25) is 0 Å². The van der Waals surface area contributed by atoms with Gasteiger partial charge in [0.2, 0.25) is 0 Å². The van der Waals surface area contributed by atoms with E-state index >= 15 is 0 Å². The summed E-state index contributed by atoms with van der Waals surface area (Å²) >= 11 is 1.65. The molecule has 16 heavy (non-hydrogen) atoms. The number of hydrogen-bond acceptors (Lipinski definition) is 6. The van der Waals surface area contributed by atoms with E-state index in [-0.39, 0.29) is 6.04 Å². The number of nitrogens with one attached hydrogen (secondary N) is 1. The molecule has 1 unspecified atom stereocenters. The molecule has 0 aromatic carbocycles. The number of rotatable bonds is 4. The second kappa shape index (κ2) is 4.67. The molecular weight excluding hydrogens is 224 g/mol. The van der Waals surface area contributed by atoms with Gasteiger partial charge in [0.05, 0.1) is 23.8 Å². The van der Waals surface area contributed by atoms with Crippen LogP contribution in [0.3, 0.4) is 0 Å². The van der Waals surface area contributed by atoms with Crippen molar-refractivity contribution in [3.8, 4) is 0 Å². The summed E-state index contributed by atoms with van der Waals surface area (Å²) in [5.41, 5.74) is 1.04. The first-order valence-electron chi connectivity index (χ1n) is 5.01. The van der Waals surface area contributed by atoms with E-state index in [1.54, 1.807) is 18.4 Å². The van der Waals surface area contributed by atoms with Crippen molar-refractivity contribution in [1.82, 2.24) is 30.5 Å². The van der Waals surface area contributed by atoms with Crippen molar-refractivity contribution in [3.05, 3.63) is 21.9 Å². The summed E-state index contributed by atoms with van der Waals surface area (Å²) in [5.74, 6) is 0.729. The molecule has 0 aliphatic heterocycles. The molecule has 2 aromatic heterocycles. The van der Waals surface area contributed by atoms with E-state index in [9.17, 15) is 0 Å². The van der Waals surface area contributed by atoms with Gasteiger partial charge < -0.3 is 5.32 Å². The van der Waals surface area contributed by atoms with Gasteiger partial charge in [-0.1, -0.05) is 0 Å². The molecular formula is C9H14N6S. The maximum atomic E-state index is 4.46. The predicted molar refractivity (Wildman–Crippen MR) is 61.2 cm³/mol. The minimum absolute atomic E-state index is 0.147. The Bertz CT molecular complexity index is 462. The highest BCUT2D eigenvalue weighted by molar-refractivity contribution is 7.09. The van der Waals surface area contributed by atoms with Crippen LogP contribution in [0.4, 0.5) is 0 Å². The van der Waals surface area contributed by atoms with Crippen molar-refractivity contribution >= 4 is 11.3 Å². The van der Waals surface area contributed by atoms with Gasteiger partial charge in [0.15, 0.2) is 5.82 Å². The maximum Gasteiger partial charge on any atom is 0.176 e. The molecule has 2 aromatic rings. The highest BCUT2D eigenvalue weighted by atomic mass is 32.1. The van der Waals surface area contributed by atoms with E-state index in [2.05, 4.69) is 31.1 Å². The Morgan fingerprint density at radius 2 is 2.38 bits per heavy atom. The van der Waals surface area contributed by atoms with Gasteiger partial charge in [-0.25, -0.2) is 4.98 Å². The first kappa shape index (κ1) is 11.2. The molecule has 0 amide bonds. The highest BCUT2D eigenvalue weighted by Crippen LogP contribution is 2.18. The molecule has 0 aliphatic carbocycles. The minimum atomic E-state index is 0.147. The zero-order valence-corrected chi connectivity index (χ0v) is 10.3. The fourth-order valence-electron chi connectivity index (χ4n) is 1.48. The van der Waals surface area contributed by atoms with E-state index in [0.717, 1.165) is 16.5 Å². The largest absolute Gasteiger partial charge is 0.311 e. The zero-order chi connectivity index (χ0) is 11.5. The first-order valence-corrected chi connectivity index (χ1v) is 5.89. The molecule has 0 bridgehead atoms. The van der Waals surface area contributed by atoms with E-state index < -0.39 is 0 Å². The molecule has 1 N–H and O–H groups in total. The quantitative estimate of drug-likeness (QED) is 0.839. The van der Waals surface area contributed by atoms with E-state index in [1.807, 2.05) is 14.0 Å². The molecule has 0 spiro atoms. The predicted octanol–water partition coefficient (Wildman–Crippen LogP) is 0.478. The monoisotopic (exact) mass is 238 g/mol. The summed E-state index contributed by atoms with van der Waals surface area (Å²) in [6.45, 7) is 2.00. The summed E-state index contributed by atoms with van der Waals surface area (Å²) in [6, 6.07) is 0.147. The number of tetrazole rings is 1. The van der Waals surface area contributed by atoms with Crippen molar-refractivity contribution in [1.29, 1.82) is 0 Å². The van der Waals surface area contributed by atoms with Crippen LogP contribution in [0, 0.1) is 6.92 Å². The molecule has 0 aliphatic rings. The Balaban J connectivity index is 2.12. The van der Waals surface area contributed by atoms with Crippen LogP contribution in [-0.4, -0.2) is 32.2 Å². The Morgan fingerprint density at radius 3 is 2.88 bits per heavy atom. The Kier molecular flexibility index (Phi) is 3.25. The van der Waals surface area contributed by atoms with Gasteiger partial charge >= 0.3 is 0 Å². The van der Waals surface area contributed by atoms with Gasteiger partial charge in [-0.05, 0) is 19.2 Å². The fourth-order valence-corrected chi connectivity index (χ4v) is 2.15. The van der Waals surface area contributed by atoms with Crippen molar-refractivity contribution in [2.75, 3.05) is 7.05 Å². The lowest BCUT2D eigenvalue weighted by Crippen LogP contribution is -2.20. The summed E-state index contributed by atoms with van der Waals surface area (Å²) in [6.07, 6.45) is 0.702. The third-order valence-corrected chi connectivity index (χ3v) is 3.07. The molecule has 2 rings (SSSR count). The lowest BCUT2D eigenvalue weighted by atomic mass is 10.1. The number of likely N-dealkylation sites (N-methyl/N-ethyl adjacent to an activating group) is 1. The number of aryl methyl sites for hydroxylation is 2. The summed E-state index contributed by atoms with van der Waals surface area (Å²) < 4.78 is 0. The van der Waals surface area contributed by atoms with Crippen LogP contribution in [0.5, 0.6) is 0 Å². The Labute approximate surface area is 97.7 Å². The third-order valence-electron chi connectivity index (χ3n) is 2.28. The van der Waals surface area contributed by atoms with Crippen molar-refractivity contribution in [2.24, 2.45) is 7.05 Å².